The summed E-state index contributed by atoms with van der Waals surface area (Å²) in [5, 5.41) is 7.85. The molecule has 0 heterocycles. The Hall–Kier alpha value is 0.884. The minimum Gasteiger partial charge on any atom is -0.396 e. The topological polar surface area (TPSA) is 20.2 Å². The number of aliphatic hydroxyl groups excluding tert-OH is 1. The van der Waals surface area contributed by atoms with E-state index in [1.54, 1.807) is 0 Å². The van der Waals surface area contributed by atoms with Crippen LogP contribution in [0.4, 0.5) is 0 Å². The molecule has 0 fully saturated rings. The first-order valence-electron chi connectivity index (χ1n) is 1.22. The maximum Gasteiger partial charge on any atom is 0.0465 e. The van der Waals surface area contributed by atoms with Crippen molar-refractivity contribution in [3.8, 4) is 0 Å². The standard InChI is InChI=1S/C2H7OP.Ni/c3-1-2-4;/h3H,1-2,4H2;. The first-order chi connectivity index (χ1) is 1.91. The largest absolute Gasteiger partial charge is 0.396 e. The molecule has 1 unspecified atom stereocenters. The van der Waals surface area contributed by atoms with Crippen molar-refractivity contribution in [2.24, 2.45) is 0 Å². The van der Waals surface area contributed by atoms with E-state index in [-0.39, 0.29) is 23.1 Å². The third-order valence-corrected chi connectivity index (χ3v) is 0.387. The predicted molar refractivity (Wildman–Crippen MR) is 21.7 cm³/mol. The van der Waals surface area contributed by atoms with Crippen LogP contribution in [0.25, 0.3) is 0 Å². The Labute approximate surface area is 44.3 Å². The van der Waals surface area contributed by atoms with Crippen LogP contribution < -0.4 is 0 Å². The normalized spacial score (nSPS) is 6.00. The Bertz CT molecular complexity index is 11.6. The Balaban J connectivity index is 0. The molecule has 3 heteroatoms. The van der Waals surface area contributed by atoms with Crippen LogP contribution in [0.2, 0.25) is 0 Å². The summed E-state index contributed by atoms with van der Waals surface area (Å²) >= 11 is 0. The van der Waals surface area contributed by atoms with Crippen molar-refractivity contribution >= 4 is 9.24 Å². The fourth-order valence-corrected chi connectivity index (χ4v) is 0. The van der Waals surface area contributed by atoms with Crippen molar-refractivity contribution in [1.82, 2.24) is 0 Å². The van der Waals surface area contributed by atoms with Gasteiger partial charge in [0.15, 0.2) is 0 Å². The van der Waals surface area contributed by atoms with Crippen molar-refractivity contribution in [3.05, 3.63) is 0 Å². The van der Waals surface area contributed by atoms with Gasteiger partial charge < -0.3 is 5.11 Å². The Morgan fingerprint density at radius 2 is 1.80 bits per heavy atom. The summed E-state index contributed by atoms with van der Waals surface area (Å²) in [6, 6.07) is 0. The molecule has 0 aromatic rings. The van der Waals surface area contributed by atoms with Gasteiger partial charge in [0.05, 0.1) is 0 Å². The number of rotatable bonds is 1. The molecule has 0 rings (SSSR count). The summed E-state index contributed by atoms with van der Waals surface area (Å²) in [4.78, 5) is 0. The Morgan fingerprint density at radius 1 is 1.60 bits per heavy atom. The molecule has 0 aromatic heterocycles. The first-order valence-corrected chi connectivity index (χ1v) is 2.04. The van der Waals surface area contributed by atoms with Gasteiger partial charge in [0, 0.05) is 23.1 Å². The number of hydrogen-bond donors (Lipinski definition) is 1. The molecular weight excluding hydrogens is 130 g/mol. The molecule has 0 aliphatic carbocycles. The van der Waals surface area contributed by atoms with E-state index >= 15 is 0 Å². The second-order valence-corrected chi connectivity index (χ2v) is 1.09. The van der Waals surface area contributed by atoms with Crippen molar-refractivity contribution in [1.29, 1.82) is 0 Å². The molecule has 0 bridgehead atoms. The average molecular weight is 137 g/mol. The molecule has 0 saturated carbocycles. The van der Waals surface area contributed by atoms with Crippen LogP contribution in [0.5, 0.6) is 0 Å². The molecule has 36 valence electrons. The minimum absolute atomic E-state index is 0. The van der Waals surface area contributed by atoms with Gasteiger partial charge in [-0.15, -0.1) is 9.24 Å². The smallest absolute Gasteiger partial charge is 0.0465 e. The molecule has 5 heavy (non-hydrogen) atoms. The van der Waals surface area contributed by atoms with Gasteiger partial charge in [-0.3, -0.25) is 0 Å². The van der Waals surface area contributed by atoms with Gasteiger partial charge in [-0.25, -0.2) is 0 Å². The van der Waals surface area contributed by atoms with Gasteiger partial charge in [0.2, 0.25) is 0 Å². The molecular formula is C2H7NiOP. The van der Waals surface area contributed by atoms with E-state index in [0.717, 1.165) is 6.16 Å². The maximum atomic E-state index is 7.85. The molecule has 0 radical (unpaired) electrons. The molecule has 1 N–H and O–H groups in total. The van der Waals surface area contributed by atoms with Crippen LogP contribution in [0.1, 0.15) is 0 Å². The quantitative estimate of drug-likeness (QED) is 0.393. The number of aliphatic hydroxyl groups is 1. The van der Waals surface area contributed by atoms with Crippen LogP contribution in [-0.4, -0.2) is 17.9 Å². The summed E-state index contributed by atoms with van der Waals surface area (Å²) < 4.78 is 0. The molecule has 0 aliphatic rings. The summed E-state index contributed by atoms with van der Waals surface area (Å²) in [5.41, 5.74) is 0. The van der Waals surface area contributed by atoms with Gasteiger partial charge in [0.1, 0.15) is 0 Å². The van der Waals surface area contributed by atoms with E-state index in [2.05, 4.69) is 9.24 Å². The summed E-state index contributed by atoms with van der Waals surface area (Å²) in [6.45, 7) is 0.282. The zero-order chi connectivity index (χ0) is 3.41. The SMILES string of the molecule is OCCP.[Ni]. The van der Waals surface area contributed by atoms with Gasteiger partial charge in [-0.2, -0.15) is 0 Å². The van der Waals surface area contributed by atoms with Crippen LogP contribution in [0.15, 0.2) is 0 Å². The third-order valence-electron chi connectivity index (χ3n) is 0.129. The second kappa shape index (κ2) is 8.86. The maximum absolute atomic E-state index is 7.85. The summed E-state index contributed by atoms with van der Waals surface area (Å²) in [6.07, 6.45) is 0.792. The Kier molecular flexibility index (Phi) is 16.5. The zero-order valence-electron chi connectivity index (χ0n) is 2.76. The van der Waals surface area contributed by atoms with Crippen molar-refractivity contribution in [3.63, 3.8) is 0 Å². The van der Waals surface area contributed by atoms with Crippen LogP contribution in [0, 0.1) is 0 Å². The average Bonchev–Trinajstić information content (AvgIpc) is 1.37. The van der Waals surface area contributed by atoms with Crippen LogP contribution >= 0.6 is 9.24 Å². The molecule has 0 aliphatic heterocycles. The van der Waals surface area contributed by atoms with Gasteiger partial charge in [0.25, 0.3) is 0 Å². The molecule has 0 aromatic carbocycles. The second-order valence-electron chi connectivity index (χ2n) is 0.512. The fraction of sp³-hybridized carbons (Fsp3) is 1.00. The van der Waals surface area contributed by atoms with Crippen molar-refractivity contribution in [2.75, 3.05) is 12.8 Å². The summed E-state index contributed by atoms with van der Waals surface area (Å²) in [5.74, 6) is 0. The minimum atomic E-state index is 0. The van der Waals surface area contributed by atoms with Crippen LogP contribution in [0.3, 0.4) is 0 Å². The van der Waals surface area contributed by atoms with E-state index in [1.807, 2.05) is 0 Å². The van der Waals surface area contributed by atoms with E-state index < -0.39 is 0 Å². The first kappa shape index (κ1) is 9.30. The molecule has 0 amide bonds. The zero-order valence-corrected chi connectivity index (χ0v) is 4.90. The monoisotopic (exact) mass is 136 g/mol. The van der Waals surface area contributed by atoms with Crippen molar-refractivity contribution < 1.29 is 21.6 Å². The van der Waals surface area contributed by atoms with E-state index in [9.17, 15) is 0 Å². The molecule has 1 atom stereocenters. The van der Waals surface area contributed by atoms with E-state index in [4.69, 9.17) is 5.11 Å². The molecule has 0 saturated heterocycles. The predicted octanol–water partition coefficient (Wildman–Crippen LogP) is -0.149. The van der Waals surface area contributed by atoms with E-state index in [1.165, 1.54) is 0 Å². The summed E-state index contributed by atoms with van der Waals surface area (Å²) in [7, 11) is 2.41. The fourth-order valence-electron chi connectivity index (χ4n) is 0. The van der Waals surface area contributed by atoms with Gasteiger partial charge in [-0.1, -0.05) is 0 Å². The third kappa shape index (κ3) is 11.4. The number of hydrogen-bond acceptors (Lipinski definition) is 1. The Morgan fingerprint density at radius 3 is 1.80 bits per heavy atom. The van der Waals surface area contributed by atoms with Gasteiger partial charge in [-0.05, 0) is 6.16 Å². The molecule has 0 spiro atoms. The van der Waals surface area contributed by atoms with Crippen molar-refractivity contribution in [2.45, 2.75) is 0 Å². The molecule has 1 nitrogen and oxygen atoms in total. The van der Waals surface area contributed by atoms with Crippen LogP contribution in [-0.2, 0) is 16.5 Å². The van der Waals surface area contributed by atoms with Gasteiger partial charge >= 0.3 is 0 Å². The van der Waals surface area contributed by atoms with E-state index in [0.29, 0.717) is 0 Å².